The van der Waals surface area contributed by atoms with E-state index in [2.05, 4.69) is 4.18 Å². The fourth-order valence-corrected chi connectivity index (χ4v) is 2.33. The molecule has 24 heavy (non-hydrogen) atoms. The largest absolute Gasteiger partial charge is 0.523 e. The molecule has 0 aliphatic carbocycles. The zero-order valence-corrected chi connectivity index (χ0v) is 13.8. The van der Waals surface area contributed by atoms with Crippen molar-refractivity contribution in [3.05, 3.63) is 35.6 Å². The summed E-state index contributed by atoms with van der Waals surface area (Å²) in [6.07, 6.45) is 4.33. The fourth-order valence-electron chi connectivity index (χ4n) is 1.91. The van der Waals surface area contributed by atoms with Crippen molar-refractivity contribution in [2.75, 3.05) is 19.8 Å². The highest BCUT2D eigenvalue weighted by atomic mass is 32.2. The monoisotopic (exact) mass is 372 g/mol. The van der Waals surface area contributed by atoms with Crippen molar-refractivity contribution < 1.29 is 34.9 Å². The van der Waals surface area contributed by atoms with E-state index >= 15 is 0 Å². The van der Waals surface area contributed by atoms with Gasteiger partial charge >= 0.3 is 15.6 Å². The maximum absolute atomic E-state index is 12.7. The molecule has 0 spiro atoms. The Morgan fingerprint density at radius 2 is 1.50 bits per heavy atom. The van der Waals surface area contributed by atoms with Gasteiger partial charge in [-0.05, 0) is 37.0 Å². The van der Waals surface area contributed by atoms with Crippen molar-refractivity contribution in [3.8, 4) is 0 Å². The van der Waals surface area contributed by atoms with Crippen LogP contribution in [0.4, 0.5) is 17.6 Å². The first-order valence-electron chi connectivity index (χ1n) is 7.50. The van der Waals surface area contributed by atoms with Crippen molar-refractivity contribution in [1.29, 1.82) is 0 Å². The van der Waals surface area contributed by atoms with Crippen LogP contribution in [0.5, 0.6) is 0 Å². The molecule has 4 nitrogen and oxygen atoms in total. The summed E-state index contributed by atoms with van der Waals surface area (Å²) in [6, 6.07) is 6.33. The van der Waals surface area contributed by atoms with E-state index in [0.717, 1.165) is 37.7 Å². The molecule has 0 aliphatic rings. The Bertz CT molecular complexity index is 570. The van der Waals surface area contributed by atoms with Crippen LogP contribution in [-0.2, 0) is 25.5 Å². The lowest BCUT2D eigenvalue weighted by atomic mass is 10.1. The first-order valence-corrected chi connectivity index (χ1v) is 8.91. The Labute approximate surface area is 138 Å². The van der Waals surface area contributed by atoms with E-state index in [1.807, 2.05) is 0 Å². The normalized spacial score (nSPS) is 12.5. The smallest absolute Gasteiger partial charge is 0.379 e. The van der Waals surface area contributed by atoms with Gasteiger partial charge in [-0.25, -0.2) is 4.39 Å². The number of unbranched alkanes of at least 4 members (excludes halogenated alkanes) is 3. The molecule has 0 aliphatic heterocycles. The van der Waals surface area contributed by atoms with E-state index in [-0.39, 0.29) is 12.4 Å². The second-order valence-electron chi connectivity index (χ2n) is 5.12. The van der Waals surface area contributed by atoms with E-state index in [1.54, 1.807) is 12.1 Å². The predicted molar refractivity (Wildman–Crippen MR) is 80.3 cm³/mol. The summed E-state index contributed by atoms with van der Waals surface area (Å²) in [5, 5.41) is 0. The minimum atomic E-state index is -5.54. The number of rotatable bonds is 11. The number of halogens is 4. The molecule has 138 valence electrons. The van der Waals surface area contributed by atoms with Gasteiger partial charge in [-0.2, -0.15) is 21.6 Å². The van der Waals surface area contributed by atoms with E-state index in [4.69, 9.17) is 4.74 Å². The summed E-state index contributed by atoms with van der Waals surface area (Å²) in [4.78, 5) is 0. The lowest BCUT2D eigenvalue weighted by Gasteiger charge is -2.08. The Balaban J connectivity index is 1.97. The summed E-state index contributed by atoms with van der Waals surface area (Å²) in [6.45, 7) is -0.552. The number of aryl methyl sites for hydroxylation is 1. The lowest BCUT2D eigenvalue weighted by Crippen LogP contribution is -2.26. The maximum Gasteiger partial charge on any atom is 0.523 e. The molecule has 1 aromatic rings. The van der Waals surface area contributed by atoms with Gasteiger partial charge in [0, 0.05) is 6.61 Å². The third kappa shape index (κ3) is 8.07. The molecule has 0 heterocycles. The van der Waals surface area contributed by atoms with Crippen LogP contribution in [-0.4, -0.2) is 33.7 Å². The number of ether oxygens (including phenoxy) is 1. The molecule has 1 aromatic carbocycles. The quantitative estimate of drug-likeness (QED) is 0.257. The number of hydrogen-bond acceptors (Lipinski definition) is 4. The second-order valence-corrected chi connectivity index (χ2v) is 6.73. The molecule has 0 aromatic heterocycles. The van der Waals surface area contributed by atoms with E-state index < -0.39 is 22.2 Å². The molecule has 0 bridgehead atoms. The minimum absolute atomic E-state index is 0.217. The number of benzene rings is 1. The van der Waals surface area contributed by atoms with Crippen LogP contribution in [0, 0.1) is 5.82 Å². The zero-order valence-electron chi connectivity index (χ0n) is 13.0. The summed E-state index contributed by atoms with van der Waals surface area (Å²) in [5.41, 5.74) is -4.34. The van der Waals surface area contributed by atoms with Crippen LogP contribution >= 0.6 is 0 Å². The third-order valence-electron chi connectivity index (χ3n) is 3.17. The van der Waals surface area contributed by atoms with Gasteiger partial charge < -0.3 is 4.74 Å². The molecular formula is C15H20F4O4S. The molecule has 0 radical (unpaired) electrons. The Morgan fingerprint density at radius 3 is 2.12 bits per heavy atom. The molecule has 1 rings (SSSR count). The highest BCUT2D eigenvalue weighted by Gasteiger charge is 2.47. The van der Waals surface area contributed by atoms with Crippen molar-refractivity contribution in [2.24, 2.45) is 0 Å². The van der Waals surface area contributed by atoms with Gasteiger partial charge in [-0.1, -0.05) is 25.0 Å². The fraction of sp³-hybridized carbons (Fsp3) is 0.600. The topological polar surface area (TPSA) is 52.6 Å². The Morgan fingerprint density at radius 1 is 0.875 bits per heavy atom. The van der Waals surface area contributed by atoms with Gasteiger partial charge in [0.05, 0.1) is 13.2 Å². The van der Waals surface area contributed by atoms with Gasteiger partial charge in [0.1, 0.15) is 5.82 Å². The first kappa shape index (κ1) is 20.9. The number of hydrogen-bond donors (Lipinski definition) is 0. The molecule has 0 amide bonds. The molecule has 0 saturated heterocycles. The van der Waals surface area contributed by atoms with Crippen molar-refractivity contribution >= 4 is 10.1 Å². The highest BCUT2D eigenvalue weighted by molar-refractivity contribution is 7.87. The molecular weight excluding hydrogens is 352 g/mol. The highest BCUT2D eigenvalue weighted by Crippen LogP contribution is 2.24. The molecule has 0 saturated carbocycles. The Kier molecular flexibility index (Phi) is 8.65. The molecule has 0 unspecified atom stereocenters. The van der Waals surface area contributed by atoms with Gasteiger partial charge in [0.2, 0.25) is 0 Å². The van der Waals surface area contributed by atoms with Crippen LogP contribution in [0.3, 0.4) is 0 Å². The summed E-state index contributed by atoms with van der Waals surface area (Å²) < 4.78 is 78.5. The van der Waals surface area contributed by atoms with E-state index in [1.165, 1.54) is 12.1 Å². The van der Waals surface area contributed by atoms with Crippen molar-refractivity contribution in [3.63, 3.8) is 0 Å². The maximum atomic E-state index is 12.7. The van der Waals surface area contributed by atoms with E-state index in [0.29, 0.717) is 6.61 Å². The lowest BCUT2D eigenvalue weighted by molar-refractivity contribution is -0.0555. The van der Waals surface area contributed by atoms with Crippen molar-refractivity contribution in [2.45, 2.75) is 37.6 Å². The van der Waals surface area contributed by atoms with Gasteiger partial charge in [-0.3, -0.25) is 4.18 Å². The first-order chi connectivity index (χ1) is 11.2. The molecule has 0 atom stereocenters. The second kappa shape index (κ2) is 9.95. The van der Waals surface area contributed by atoms with Crippen molar-refractivity contribution in [1.82, 2.24) is 0 Å². The summed E-state index contributed by atoms with van der Waals surface area (Å²) >= 11 is 0. The molecule has 0 N–H and O–H groups in total. The zero-order chi connectivity index (χ0) is 18.1. The third-order valence-corrected chi connectivity index (χ3v) is 4.21. The summed E-state index contributed by atoms with van der Waals surface area (Å²) in [5.74, 6) is -0.261. The predicted octanol–water partition coefficient (Wildman–Crippen LogP) is 3.81. The summed E-state index contributed by atoms with van der Waals surface area (Å²) in [7, 11) is -5.54. The van der Waals surface area contributed by atoms with Gasteiger partial charge in [-0.15, -0.1) is 0 Å². The van der Waals surface area contributed by atoms with E-state index in [9.17, 15) is 26.0 Å². The minimum Gasteiger partial charge on any atom is -0.379 e. The molecule has 9 heteroatoms. The van der Waals surface area contributed by atoms with Crippen LogP contribution in [0.1, 0.15) is 31.2 Å². The van der Waals surface area contributed by atoms with Crippen LogP contribution in [0.25, 0.3) is 0 Å². The Hall–Kier alpha value is -1.19. The average molecular weight is 372 g/mol. The molecule has 0 fully saturated rings. The average Bonchev–Trinajstić information content (AvgIpc) is 2.49. The number of alkyl halides is 3. The van der Waals surface area contributed by atoms with Gasteiger partial charge in [0.15, 0.2) is 0 Å². The SMILES string of the molecule is O=S(=O)(OCCOCCCCCCc1ccc(F)cc1)C(F)(F)F. The van der Waals surface area contributed by atoms with Crippen LogP contribution in [0.15, 0.2) is 24.3 Å². The van der Waals surface area contributed by atoms with Gasteiger partial charge in [0.25, 0.3) is 0 Å². The van der Waals surface area contributed by atoms with Crippen LogP contribution < -0.4 is 0 Å². The standard InChI is InChI=1S/C15H20F4O4S/c16-14-8-6-13(7-9-14)5-3-1-2-4-10-22-11-12-23-24(20,21)15(17,18)19/h6-9H,1-5,10-12H2. The van der Waals surface area contributed by atoms with Crippen LogP contribution in [0.2, 0.25) is 0 Å².